The molecule has 1 saturated heterocycles. The highest BCUT2D eigenvalue weighted by Gasteiger charge is 2.51. The predicted molar refractivity (Wildman–Crippen MR) is 72.2 cm³/mol. The molecule has 1 saturated carbocycles. The molecule has 2 rings (SSSR count). The minimum absolute atomic E-state index is 0.0148. The van der Waals surface area contributed by atoms with Crippen LogP contribution in [-0.2, 0) is 4.74 Å². The highest BCUT2D eigenvalue weighted by atomic mass is 16.5. The average Bonchev–Trinajstić information content (AvgIpc) is 2.14. The number of rotatable bonds is 0. The second-order valence-electron chi connectivity index (χ2n) is 7.69. The van der Waals surface area contributed by atoms with Crippen molar-refractivity contribution in [3.63, 3.8) is 0 Å². The van der Waals surface area contributed by atoms with Crippen LogP contribution in [0.2, 0.25) is 0 Å². The van der Waals surface area contributed by atoms with Crippen LogP contribution in [0.5, 0.6) is 0 Å². The molecule has 0 aromatic carbocycles. The summed E-state index contributed by atoms with van der Waals surface area (Å²) in [6, 6.07) is 0. The Bertz CT molecular complexity index is 275. The van der Waals surface area contributed by atoms with Gasteiger partial charge in [-0.05, 0) is 38.0 Å². The highest BCUT2D eigenvalue weighted by molar-refractivity contribution is 5.02. The van der Waals surface area contributed by atoms with Gasteiger partial charge in [0.1, 0.15) is 0 Å². The standard InChI is InChI=1S/C15H29NO/c1-13(2,3)12-8-6-7-9-15(12)11-16-10-14(4,5)17-15/h12,16H,6-11H2,1-5H3. The normalized spacial score (nSPS) is 38.3. The zero-order valence-electron chi connectivity index (χ0n) is 12.2. The molecule has 0 radical (unpaired) electrons. The number of hydrogen-bond acceptors (Lipinski definition) is 2. The molecule has 1 aliphatic heterocycles. The monoisotopic (exact) mass is 239 g/mol. The van der Waals surface area contributed by atoms with Crippen molar-refractivity contribution in [3.8, 4) is 0 Å². The van der Waals surface area contributed by atoms with Gasteiger partial charge in [-0.3, -0.25) is 0 Å². The fourth-order valence-corrected chi connectivity index (χ4v) is 3.96. The molecule has 1 spiro atoms. The summed E-state index contributed by atoms with van der Waals surface area (Å²) in [5.74, 6) is 0.677. The summed E-state index contributed by atoms with van der Waals surface area (Å²) in [5.41, 5.74) is 0.410. The SMILES string of the molecule is CC1(C)CNCC2(CCCCC2C(C)(C)C)O1. The summed E-state index contributed by atoms with van der Waals surface area (Å²) >= 11 is 0. The van der Waals surface area contributed by atoms with E-state index >= 15 is 0 Å². The maximum Gasteiger partial charge on any atom is 0.0847 e. The van der Waals surface area contributed by atoms with E-state index in [2.05, 4.69) is 39.9 Å². The lowest BCUT2D eigenvalue weighted by Crippen LogP contribution is -2.64. The van der Waals surface area contributed by atoms with E-state index in [1.165, 1.54) is 25.7 Å². The van der Waals surface area contributed by atoms with Gasteiger partial charge in [-0.15, -0.1) is 0 Å². The Labute approximate surface area is 107 Å². The Morgan fingerprint density at radius 2 is 1.82 bits per heavy atom. The van der Waals surface area contributed by atoms with Crippen LogP contribution in [0.4, 0.5) is 0 Å². The molecule has 2 nitrogen and oxygen atoms in total. The lowest BCUT2D eigenvalue weighted by atomic mass is 9.63. The number of hydrogen-bond donors (Lipinski definition) is 1. The van der Waals surface area contributed by atoms with Crippen molar-refractivity contribution in [2.24, 2.45) is 11.3 Å². The Morgan fingerprint density at radius 3 is 2.41 bits per heavy atom. The van der Waals surface area contributed by atoms with Crippen LogP contribution in [0.3, 0.4) is 0 Å². The summed E-state index contributed by atoms with van der Waals surface area (Å²) in [7, 11) is 0. The van der Waals surface area contributed by atoms with Gasteiger partial charge in [-0.1, -0.05) is 33.6 Å². The molecule has 2 aliphatic rings. The molecule has 0 amide bonds. The van der Waals surface area contributed by atoms with Crippen LogP contribution in [-0.4, -0.2) is 24.3 Å². The summed E-state index contributed by atoms with van der Waals surface area (Å²) in [5, 5.41) is 3.61. The first kappa shape index (κ1) is 13.4. The molecule has 1 heterocycles. The van der Waals surface area contributed by atoms with E-state index in [-0.39, 0.29) is 11.2 Å². The fourth-order valence-electron chi connectivity index (χ4n) is 3.96. The van der Waals surface area contributed by atoms with Crippen molar-refractivity contribution in [2.75, 3.05) is 13.1 Å². The number of nitrogens with one attached hydrogen (secondary N) is 1. The lowest BCUT2D eigenvalue weighted by Gasteiger charge is -2.55. The molecule has 2 fully saturated rings. The van der Waals surface area contributed by atoms with Gasteiger partial charge in [-0.2, -0.15) is 0 Å². The van der Waals surface area contributed by atoms with Crippen LogP contribution in [0.1, 0.15) is 60.3 Å². The van der Waals surface area contributed by atoms with E-state index < -0.39 is 0 Å². The second kappa shape index (κ2) is 4.24. The predicted octanol–water partition coefficient (Wildman–Crippen LogP) is 3.36. The molecular formula is C15H29NO. The Kier molecular flexibility index (Phi) is 3.33. The third-order valence-electron chi connectivity index (χ3n) is 4.48. The van der Waals surface area contributed by atoms with Gasteiger partial charge in [0, 0.05) is 13.1 Å². The van der Waals surface area contributed by atoms with Crippen LogP contribution >= 0.6 is 0 Å². The van der Waals surface area contributed by atoms with Gasteiger partial charge in [0.15, 0.2) is 0 Å². The molecule has 1 aliphatic carbocycles. The van der Waals surface area contributed by atoms with Gasteiger partial charge >= 0.3 is 0 Å². The van der Waals surface area contributed by atoms with Gasteiger partial charge < -0.3 is 10.1 Å². The quantitative estimate of drug-likeness (QED) is 0.700. The maximum atomic E-state index is 6.58. The summed E-state index contributed by atoms with van der Waals surface area (Å²) in [4.78, 5) is 0. The van der Waals surface area contributed by atoms with E-state index in [1.54, 1.807) is 0 Å². The molecule has 0 aromatic heterocycles. The van der Waals surface area contributed by atoms with Crippen LogP contribution < -0.4 is 5.32 Å². The lowest BCUT2D eigenvalue weighted by molar-refractivity contribution is -0.216. The van der Waals surface area contributed by atoms with Gasteiger partial charge in [-0.25, -0.2) is 0 Å². The van der Waals surface area contributed by atoms with Gasteiger partial charge in [0.05, 0.1) is 11.2 Å². The molecule has 0 bridgehead atoms. The first-order valence-corrected chi connectivity index (χ1v) is 7.16. The third-order valence-corrected chi connectivity index (χ3v) is 4.48. The average molecular weight is 239 g/mol. The van der Waals surface area contributed by atoms with Crippen molar-refractivity contribution in [1.82, 2.24) is 5.32 Å². The van der Waals surface area contributed by atoms with Crippen LogP contribution in [0.25, 0.3) is 0 Å². The smallest absolute Gasteiger partial charge is 0.0847 e. The summed E-state index contributed by atoms with van der Waals surface area (Å²) in [6.45, 7) is 13.6. The minimum atomic E-state index is -0.0148. The van der Waals surface area contributed by atoms with Crippen molar-refractivity contribution < 1.29 is 4.74 Å². The van der Waals surface area contributed by atoms with E-state index in [0.717, 1.165) is 13.1 Å². The van der Waals surface area contributed by atoms with Crippen molar-refractivity contribution >= 4 is 0 Å². The van der Waals surface area contributed by atoms with Gasteiger partial charge in [0.25, 0.3) is 0 Å². The molecule has 100 valence electrons. The first-order chi connectivity index (χ1) is 7.75. The van der Waals surface area contributed by atoms with Crippen molar-refractivity contribution in [2.45, 2.75) is 71.5 Å². The second-order valence-corrected chi connectivity index (χ2v) is 7.69. The van der Waals surface area contributed by atoms with Crippen LogP contribution in [0, 0.1) is 11.3 Å². The third kappa shape index (κ3) is 2.68. The largest absolute Gasteiger partial charge is 0.366 e. The maximum absolute atomic E-state index is 6.58. The number of ether oxygens (including phenoxy) is 1. The van der Waals surface area contributed by atoms with E-state index in [4.69, 9.17) is 4.74 Å². The minimum Gasteiger partial charge on any atom is -0.366 e. The Balaban J connectivity index is 2.25. The summed E-state index contributed by atoms with van der Waals surface area (Å²) < 4.78 is 6.58. The fraction of sp³-hybridized carbons (Fsp3) is 1.00. The highest BCUT2D eigenvalue weighted by Crippen LogP contribution is 2.48. The van der Waals surface area contributed by atoms with E-state index in [9.17, 15) is 0 Å². The van der Waals surface area contributed by atoms with E-state index in [0.29, 0.717) is 11.3 Å². The topological polar surface area (TPSA) is 21.3 Å². The molecule has 2 atom stereocenters. The Morgan fingerprint density at radius 1 is 1.12 bits per heavy atom. The zero-order valence-corrected chi connectivity index (χ0v) is 12.2. The first-order valence-electron chi connectivity index (χ1n) is 7.16. The number of morpholine rings is 1. The summed E-state index contributed by atoms with van der Waals surface area (Å²) in [6.07, 6.45) is 5.24. The Hall–Kier alpha value is -0.0800. The molecule has 0 aromatic rings. The molecule has 17 heavy (non-hydrogen) atoms. The molecule has 1 N–H and O–H groups in total. The molecular weight excluding hydrogens is 210 g/mol. The molecule has 2 unspecified atom stereocenters. The van der Waals surface area contributed by atoms with Crippen molar-refractivity contribution in [1.29, 1.82) is 0 Å². The zero-order chi connectivity index (χ0) is 12.7. The van der Waals surface area contributed by atoms with Crippen molar-refractivity contribution in [3.05, 3.63) is 0 Å². The van der Waals surface area contributed by atoms with Gasteiger partial charge in [0.2, 0.25) is 0 Å². The van der Waals surface area contributed by atoms with E-state index in [1.807, 2.05) is 0 Å². The molecule has 2 heteroatoms. The van der Waals surface area contributed by atoms with Crippen LogP contribution in [0.15, 0.2) is 0 Å².